The van der Waals surface area contributed by atoms with Crippen molar-refractivity contribution in [3.8, 4) is 0 Å². The molecule has 0 saturated heterocycles. The quantitative estimate of drug-likeness (QED) is 0.176. The molecule has 0 aliphatic heterocycles. The molecule has 12 nitrogen and oxygen atoms in total. The molecule has 0 bridgehead atoms. The highest BCUT2D eigenvalue weighted by Gasteiger charge is 2.30. The lowest BCUT2D eigenvalue weighted by atomic mass is 10.1. The van der Waals surface area contributed by atoms with Crippen molar-refractivity contribution in [3.63, 3.8) is 0 Å². The fourth-order valence-electron chi connectivity index (χ4n) is 2.63. The number of carbonyl (C=O) groups is 5. The van der Waals surface area contributed by atoms with Gasteiger partial charge in [-0.15, -0.1) is 0 Å². The summed E-state index contributed by atoms with van der Waals surface area (Å²) in [6.07, 6.45) is -0.768. The maximum Gasteiger partial charge on any atom is 0.326 e. The number of aliphatic carboxylic acids is 2. The predicted octanol–water partition coefficient (Wildman–Crippen LogP) is -2.03. The van der Waals surface area contributed by atoms with Gasteiger partial charge in [0, 0.05) is 12.8 Å². The highest BCUT2D eigenvalue weighted by Crippen LogP contribution is 2.05. The molecule has 1 rings (SSSR count). The van der Waals surface area contributed by atoms with Gasteiger partial charge in [-0.2, -0.15) is 0 Å². The van der Waals surface area contributed by atoms with Gasteiger partial charge in [0.1, 0.15) is 18.1 Å². The molecule has 0 aliphatic carbocycles. The van der Waals surface area contributed by atoms with Crippen molar-refractivity contribution in [3.05, 3.63) is 35.9 Å². The van der Waals surface area contributed by atoms with Crippen LogP contribution in [0.15, 0.2) is 30.3 Å². The Hall–Kier alpha value is -3.51. The Kier molecular flexibility index (Phi) is 10.8. The highest BCUT2D eigenvalue weighted by molar-refractivity contribution is 5.94. The van der Waals surface area contributed by atoms with Gasteiger partial charge in [0.2, 0.25) is 17.7 Å². The van der Waals surface area contributed by atoms with Crippen LogP contribution in [0.1, 0.15) is 25.3 Å². The summed E-state index contributed by atoms with van der Waals surface area (Å²) in [6.45, 7) is 0.506. The van der Waals surface area contributed by atoms with Crippen molar-refractivity contribution in [2.45, 2.75) is 50.4 Å². The zero-order valence-electron chi connectivity index (χ0n) is 17.5. The van der Waals surface area contributed by atoms with Gasteiger partial charge >= 0.3 is 11.9 Å². The monoisotopic (exact) mass is 452 g/mol. The summed E-state index contributed by atoms with van der Waals surface area (Å²) in [4.78, 5) is 59.2. The number of hydrogen-bond acceptors (Lipinski definition) is 7. The molecule has 1 aromatic rings. The summed E-state index contributed by atoms with van der Waals surface area (Å²) < 4.78 is 0. The molecule has 12 heteroatoms. The molecule has 0 radical (unpaired) electrons. The molecule has 4 unspecified atom stereocenters. The van der Waals surface area contributed by atoms with E-state index in [-0.39, 0.29) is 12.8 Å². The number of aliphatic hydroxyl groups excluding tert-OH is 1. The van der Waals surface area contributed by atoms with Crippen LogP contribution in [0.4, 0.5) is 0 Å². The molecule has 32 heavy (non-hydrogen) atoms. The minimum Gasteiger partial charge on any atom is -0.481 e. The van der Waals surface area contributed by atoms with E-state index in [0.29, 0.717) is 5.56 Å². The second kappa shape index (κ2) is 13.0. The molecule has 0 aromatic heterocycles. The van der Waals surface area contributed by atoms with Gasteiger partial charge in [0.25, 0.3) is 0 Å². The first kappa shape index (κ1) is 26.5. The van der Waals surface area contributed by atoms with Crippen molar-refractivity contribution >= 4 is 29.7 Å². The zero-order valence-corrected chi connectivity index (χ0v) is 17.5. The van der Waals surface area contributed by atoms with Crippen molar-refractivity contribution in [2.24, 2.45) is 5.73 Å². The van der Waals surface area contributed by atoms with E-state index in [2.05, 4.69) is 16.0 Å². The van der Waals surface area contributed by atoms with Crippen molar-refractivity contribution in [1.29, 1.82) is 0 Å². The number of nitrogens with two attached hydrogens (primary N) is 1. The molecule has 1 aromatic carbocycles. The number of carboxylic acids is 2. The van der Waals surface area contributed by atoms with Crippen molar-refractivity contribution < 1.29 is 39.3 Å². The number of benzene rings is 1. The van der Waals surface area contributed by atoms with Crippen LogP contribution in [-0.2, 0) is 30.4 Å². The van der Waals surface area contributed by atoms with E-state index in [4.69, 9.17) is 10.8 Å². The Bertz CT molecular complexity index is 815. The van der Waals surface area contributed by atoms with Crippen LogP contribution in [0.5, 0.6) is 0 Å². The fourth-order valence-corrected chi connectivity index (χ4v) is 2.63. The fraction of sp³-hybridized carbons (Fsp3) is 0.450. The van der Waals surface area contributed by atoms with Crippen LogP contribution in [0.25, 0.3) is 0 Å². The standard InChI is InChI=1S/C20H28N4O8/c1-11(21)17(28)22-13(7-8-16(26)27)18(29)24-15(10-25)19(30)23-14(20(31)32)9-12-5-3-2-4-6-12/h2-6,11,13-15,25H,7-10,21H2,1H3,(H,22,28)(H,23,30)(H,24,29)(H,26,27)(H,31,32). The lowest BCUT2D eigenvalue weighted by Gasteiger charge is -2.23. The lowest BCUT2D eigenvalue weighted by molar-refractivity contribution is -0.142. The maximum atomic E-state index is 12.5. The molecule has 0 fully saturated rings. The van der Waals surface area contributed by atoms with E-state index in [0.717, 1.165) is 0 Å². The summed E-state index contributed by atoms with van der Waals surface area (Å²) >= 11 is 0. The second-order valence-electron chi connectivity index (χ2n) is 7.12. The zero-order chi connectivity index (χ0) is 24.3. The molecule has 0 spiro atoms. The van der Waals surface area contributed by atoms with E-state index in [9.17, 15) is 34.2 Å². The molecular formula is C20H28N4O8. The first-order chi connectivity index (χ1) is 15.0. The van der Waals surface area contributed by atoms with Gasteiger partial charge in [0.15, 0.2) is 0 Å². The Morgan fingerprint density at radius 2 is 1.41 bits per heavy atom. The molecule has 0 heterocycles. The number of hydrogen-bond donors (Lipinski definition) is 7. The van der Waals surface area contributed by atoms with Crippen molar-refractivity contribution in [2.75, 3.05) is 6.61 Å². The summed E-state index contributed by atoms with van der Waals surface area (Å²) in [7, 11) is 0. The minimum atomic E-state index is -1.53. The Balaban J connectivity index is 2.85. The third-order valence-electron chi connectivity index (χ3n) is 4.41. The van der Waals surface area contributed by atoms with Crippen LogP contribution in [0, 0.1) is 0 Å². The molecule has 0 saturated carbocycles. The number of amides is 3. The predicted molar refractivity (Wildman–Crippen MR) is 111 cm³/mol. The van der Waals surface area contributed by atoms with Crippen LogP contribution in [0.3, 0.4) is 0 Å². The topological polar surface area (TPSA) is 208 Å². The third kappa shape index (κ3) is 9.10. The molecule has 3 amide bonds. The molecule has 0 aliphatic rings. The van der Waals surface area contributed by atoms with Gasteiger partial charge in [-0.05, 0) is 18.9 Å². The Morgan fingerprint density at radius 1 is 0.875 bits per heavy atom. The summed E-state index contributed by atoms with van der Waals surface area (Å²) in [5, 5.41) is 34.5. The van der Waals surface area contributed by atoms with E-state index in [1.807, 2.05) is 0 Å². The SMILES string of the molecule is CC(N)C(=O)NC(CCC(=O)O)C(=O)NC(CO)C(=O)NC(Cc1ccccc1)C(=O)O. The second-order valence-corrected chi connectivity index (χ2v) is 7.12. The molecule has 8 N–H and O–H groups in total. The average Bonchev–Trinajstić information content (AvgIpc) is 2.74. The maximum absolute atomic E-state index is 12.5. The van der Waals surface area contributed by atoms with Crippen LogP contribution >= 0.6 is 0 Å². The summed E-state index contributed by atoms with van der Waals surface area (Å²) in [6, 6.07) is 3.38. The Morgan fingerprint density at radius 3 is 1.91 bits per heavy atom. The van der Waals surface area contributed by atoms with E-state index < -0.39 is 66.9 Å². The Labute approximate surface area is 184 Å². The number of carbonyl (C=O) groups excluding carboxylic acids is 3. The molecular weight excluding hydrogens is 424 g/mol. The first-order valence-electron chi connectivity index (χ1n) is 9.81. The van der Waals surface area contributed by atoms with Gasteiger partial charge in [0.05, 0.1) is 12.6 Å². The lowest BCUT2D eigenvalue weighted by Crippen LogP contribution is -2.58. The highest BCUT2D eigenvalue weighted by atomic mass is 16.4. The summed E-state index contributed by atoms with van der Waals surface area (Å²) in [5.41, 5.74) is 6.09. The number of rotatable bonds is 13. The normalized spacial score (nSPS) is 14.3. The van der Waals surface area contributed by atoms with E-state index in [1.165, 1.54) is 6.92 Å². The molecule has 176 valence electrons. The third-order valence-corrected chi connectivity index (χ3v) is 4.41. The van der Waals surface area contributed by atoms with Gasteiger partial charge < -0.3 is 37.0 Å². The van der Waals surface area contributed by atoms with E-state index >= 15 is 0 Å². The van der Waals surface area contributed by atoms with Gasteiger partial charge in [-0.3, -0.25) is 19.2 Å². The van der Waals surface area contributed by atoms with Crippen LogP contribution < -0.4 is 21.7 Å². The number of nitrogens with one attached hydrogen (secondary N) is 3. The van der Waals surface area contributed by atoms with Gasteiger partial charge in [-0.25, -0.2) is 4.79 Å². The van der Waals surface area contributed by atoms with Gasteiger partial charge in [-0.1, -0.05) is 30.3 Å². The van der Waals surface area contributed by atoms with Crippen LogP contribution in [-0.4, -0.2) is 75.8 Å². The van der Waals surface area contributed by atoms with E-state index in [1.54, 1.807) is 30.3 Å². The van der Waals surface area contributed by atoms with Crippen molar-refractivity contribution in [1.82, 2.24) is 16.0 Å². The average molecular weight is 452 g/mol. The number of carboxylic acid groups (broad SMARTS) is 2. The van der Waals surface area contributed by atoms with Crippen LogP contribution in [0.2, 0.25) is 0 Å². The molecule has 4 atom stereocenters. The minimum absolute atomic E-state index is 0.0281. The number of aliphatic hydroxyl groups is 1. The smallest absolute Gasteiger partial charge is 0.326 e. The summed E-state index contributed by atoms with van der Waals surface area (Å²) in [5.74, 6) is -5.12. The largest absolute Gasteiger partial charge is 0.481 e. The first-order valence-corrected chi connectivity index (χ1v) is 9.81.